The number of benzene rings is 1. The number of hydrogen-bond acceptors (Lipinski definition) is 5. The van der Waals surface area contributed by atoms with E-state index in [4.69, 9.17) is 14.2 Å². The molecule has 0 bridgehead atoms. The Morgan fingerprint density at radius 2 is 1.48 bits per heavy atom. The molecule has 0 saturated heterocycles. The Kier molecular flexibility index (Phi) is 5.40. The molecule has 0 unspecified atom stereocenters. The number of carbonyl (C=O) groups excluding carboxylic acids is 2. The molecule has 0 N–H and O–H groups in total. The maximum atomic E-state index is 14.1. The highest BCUT2D eigenvalue weighted by Crippen LogP contribution is 2.29. The third-order valence-electron chi connectivity index (χ3n) is 2.50. The zero-order valence-corrected chi connectivity index (χ0v) is 14.6. The van der Waals surface area contributed by atoms with Crippen LogP contribution in [0.25, 0.3) is 0 Å². The van der Waals surface area contributed by atoms with E-state index in [0.29, 0.717) is 5.56 Å². The molecule has 23 heavy (non-hydrogen) atoms. The second-order valence-corrected chi connectivity index (χ2v) is 7.14. The maximum Gasteiger partial charge on any atom is 0.514 e. The van der Waals surface area contributed by atoms with Crippen molar-refractivity contribution < 1.29 is 28.2 Å². The molecule has 1 aromatic carbocycles. The average Bonchev–Trinajstić information content (AvgIpc) is 2.29. The van der Waals surface area contributed by atoms with Gasteiger partial charge >= 0.3 is 12.1 Å². The molecule has 0 aromatic heterocycles. The van der Waals surface area contributed by atoms with Gasteiger partial charge < -0.3 is 14.2 Å². The van der Waals surface area contributed by atoms with E-state index in [9.17, 15) is 14.0 Å². The normalized spacial score (nSPS) is 11.8. The lowest BCUT2D eigenvalue weighted by molar-refractivity contribution is 0.00582. The lowest BCUT2D eigenvalue weighted by atomic mass is 10.1. The van der Waals surface area contributed by atoms with Gasteiger partial charge in [-0.3, -0.25) is 0 Å². The number of hydrogen-bond donors (Lipinski definition) is 0. The summed E-state index contributed by atoms with van der Waals surface area (Å²) in [5.74, 6) is -2.11. The van der Waals surface area contributed by atoms with Gasteiger partial charge in [-0.1, -0.05) is 6.07 Å². The molecule has 0 aliphatic carbocycles. The van der Waals surface area contributed by atoms with Crippen molar-refractivity contribution >= 4 is 12.1 Å². The number of carbonyl (C=O) groups is 2. The first-order valence-corrected chi connectivity index (χ1v) is 7.23. The van der Waals surface area contributed by atoms with Gasteiger partial charge in [0.1, 0.15) is 16.8 Å². The predicted molar refractivity (Wildman–Crippen MR) is 83.2 cm³/mol. The quantitative estimate of drug-likeness (QED) is 0.595. The van der Waals surface area contributed by atoms with Crippen LogP contribution in [0.2, 0.25) is 0 Å². The zero-order valence-electron chi connectivity index (χ0n) is 14.6. The molecular formula is C17H23FO5. The Morgan fingerprint density at radius 1 is 0.957 bits per heavy atom. The summed E-state index contributed by atoms with van der Waals surface area (Å²) in [7, 11) is 0. The van der Waals surface area contributed by atoms with Gasteiger partial charge in [0.25, 0.3) is 0 Å². The molecule has 0 amide bonds. The van der Waals surface area contributed by atoms with Gasteiger partial charge in [0.05, 0.1) is 0 Å². The summed E-state index contributed by atoms with van der Waals surface area (Å²) in [5, 5.41) is 0. The molecule has 0 radical (unpaired) electrons. The van der Waals surface area contributed by atoms with Gasteiger partial charge in [0, 0.05) is 0 Å². The number of esters is 1. The molecule has 5 nitrogen and oxygen atoms in total. The first-order valence-electron chi connectivity index (χ1n) is 7.23. The summed E-state index contributed by atoms with van der Waals surface area (Å²) in [6.07, 6.45) is -1.09. The molecule has 128 valence electrons. The minimum atomic E-state index is -1.09. The number of halogens is 1. The largest absolute Gasteiger partial charge is 0.514 e. The first-order chi connectivity index (χ1) is 10.3. The smallest absolute Gasteiger partial charge is 0.456 e. The van der Waals surface area contributed by atoms with Crippen LogP contribution in [0.1, 0.15) is 57.5 Å². The van der Waals surface area contributed by atoms with E-state index in [0.717, 1.165) is 6.07 Å². The van der Waals surface area contributed by atoms with Crippen LogP contribution >= 0.6 is 0 Å². The van der Waals surface area contributed by atoms with E-state index in [1.807, 2.05) is 0 Å². The van der Waals surface area contributed by atoms with Crippen molar-refractivity contribution in [1.82, 2.24) is 0 Å². The summed E-state index contributed by atoms with van der Waals surface area (Å²) >= 11 is 0. The molecule has 0 aliphatic heterocycles. The van der Waals surface area contributed by atoms with E-state index in [1.54, 1.807) is 48.5 Å². The van der Waals surface area contributed by atoms with Crippen LogP contribution in [0, 0.1) is 12.7 Å². The molecule has 0 fully saturated rings. The second-order valence-electron chi connectivity index (χ2n) is 7.14. The van der Waals surface area contributed by atoms with Gasteiger partial charge in [-0.25, -0.2) is 14.0 Å². The summed E-state index contributed by atoms with van der Waals surface area (Å²) in [6.45, 7) is 11.6. The molecule has 0 heterocycles. The Balaban J connectivity index is 3.19. The van der Waals surface area contributed by atoms with Crippen molar-refractivity contribution in [3.8, 4) is 5.75 Å². The second kappa shape index (κ2) is 6.56. The monoisotopic (exact) mass is 326 g/mol. The molecule has 0 aliphatic rings. The predicted octanol–water partition coefficient (Wildman–Crippen LogP) is 4.40. The standard InChI is InChI=1S/C17H23FO5/c1-10-8-9-11(18)13(21-15(20)23-17(5,6)7)12(10)14(19)22-16(2,3)4/h8-9H,1-7H3. The summed E-state index contributed by atoms with van der Waals surface area (Å²) in [6, 6.07) is 2.53. The van der Waals surface area contributed by atoms with Gasteiger partial charge in [0.2, 0.25) is 0 Å². The summed E-state index contributed by atoms with van der Waals surface area (Å²) in [4.78, 5) is 24.1. The van der Waals surface area contributed by atoms with Crippen LogP contribution in [-0.2, 0) is 9.47 Å². The van der Waals surface area contributed by atoms with Crippen molar-refractivity contribution in [2.24, 2.45) is 0 Å². The Morgan fingerprint density at radius 3 is 1.96 bits per heavy atom. The van der Waals surface area contributed by atoms with Crippen LogP contribution in [0.4, 0.5) is 9.18 Å². The number of aryl methyl sites for hydroxylation is 1. The minimum Gasteiger partial charge on any atom is -0.456 e. The molecule has 1 aromatic rings. The molecule has 0 saturated carbocycles. The fraction of sp³-hybridized carbons (Fsp3) is 0.529. The average molecular weight is 326 g/mol. The van der Waals surface area contributed by atoms with Gasteiger partial charge in [-0.05, 0) is 60.1 Å². The van der Waals surface area contributed by atoms with E-state index in [1.165, 1.54) is 6.07 Å². The van der Waals surface area contributed by atoms with Crippen LogP contribution < -0.4 is 4.74 Å². The SMILES string of the molecule is Cc1ccc(F)c(OC(=O)OC(C)(C)C)c1C(=O)OC(C)(C)C. The third-order valence-corrected chi connectivity index (χ3v) is 2.50. The van der Waals surface area contributed by atoms with E-state index in [2.05, 4.69) is 0 Å². The zero-order chi connectivity index (χ0) is 18.0. The van der Waals surface area contributed by atoms with Crippen molar-refractivity contribution in [2.75, 3.05) is 0 Å². The third kappa shape index (κ3) is 5.88. The van der Waals surface area contributed by atoms with Crippen LogP contribution in [0.5, 0.6) is 5.75 Å². The highest BCUT2D eigenvalue weighted by molar-refractivity contribution is 5.95. The van der Waals surface area contributed by atoms with Crippen LogP contribution in [-0.4, -0.2) is 23.3 Å². The highest BCUT2D eigenvalue weighted by atomic mass is 19.1. The summed E-state index contributed by atoms with van der Waals surface area (Å²) < 4.78 is 29.2. The van der Waals surface area contributed by atoms with Crippen molar-refractivity contribution in [3.63, 3.8) is 0 Å². The maximum absolute atomic E-state index is 14.1. The lowest BCUT2D eigenvalue weighted by Gasteiger charge is -2.22. The fourth-order valence-electron chi connectivity index (χ4n) is 1.69. The summed E-state index contributed by atoms with van der Waals surface area (Å²) in [5.41, 5.74) is -1.27. The Labute approximate surface area is 135 Å². The van der Waals surface area contributed by atoms with E-state index < -0.39 is 34.9 Å². The highest BCUT2D eigenvalue weighted by Gasteiger charge is 2.28. The molecular weight excluding hydrogens is 303 g/mol. The molecule has 0 atom stereocenters. The van der Waals surface area contributed by atoms with Gasteiger partial charge in [-0.15, -0.1) is 0 Å². The number of ether oxygens (including phenoxy) is 3. The van der Waals surface area contributed by atoms with E-state index >= 15 is 0 Å². The minimum absolute atomic E-state index is 0.134. The van der Waals surface area contributed by atoms with E-state index in [-0.39, 0.29) is 5.56 Å². The number of rotatable bonds is 2. The van der Waals surface area contributed by atoms with Crippen molar-refractivity contribution in [1.29, 1.82) is 0 Å². The van der Waals surface area contributed by atoms with Crippen LogP contribution in [0.15, 0.2) is 12.1 Å². The molecule has 0 spiro atoms. The molecule has 6 heteroatoms. The van der Waals surface area contributed by atoms with Gasteiger partial charge in [0.15, 0.2) is 11.6 Å². The lowest BCUT2D eigenvalue weighted by Crippen LogP contribution is -2.28. The Hall–Kier alpha value is -2.11. The van der Waals surface area contributed by atoms with Crippen molar-refractivity contribution in [2.45, 2.75) is 59.7 Å². The van der Waals surface area contributed by atoms with Gasteiger partial charge in [-0.2, -0.15) is 0 Å². The topological polar surface area (TPSA) is 61.8 Å². The molecule has 1 rings (SSSR count). The van der Waals surface area contributed by atoms with Crippen LogP contribution in [0.3, 0.4) is 0 Å². The fourth-order valence-corrected chi connectivity index (χ4v) is 1.69. The first kappa shape index (κ1) is 18.9. The van der Waals surface area contributed by atoms with Crippen molar-refractivity contribution in [3.05, 3.63) is 29.1 Å². The Bertz CT molecular complexity index is 609.